The van der Waals surface area contributed by atoms with E-state index in [9.17, 15) is 9.59 Å². The maximum atomic E-state index is 13.3. The number of hydrazine groups is 1. The molecule has 0 saturated carbocycles. The van der Waals surface area contributed by atoms with Crippen molar-refractivity contribution in [1.29, 1.82) is 0 Å². The van der Waals surface area contributed by atoms with Crippen molar-refractivity contribution in [3.05, 3.63) is 59.8 Å². The molecule has 2 unspecified atom stereocenters. The number of nitrogens with zero attached hydrogens (tertiary/aromatic N) is 3. The van der Waals surface area contributed by atoms with Crippen LogP contribution in [0.3, 0.4) is 0 Å². The number of ether oxygens (including phenoxy) is 1. The second kappa shape index (κ2) is 9.89. The van der Waals surface area contributed by atoms with Crippen molar-refractivity contribution < 1.29 is 14.3 Å². The topological polar surface area (TPSA) is 86.8 Å². The lowest BCUT2D eigenvalue weighted by molar-refractivity contribution is -0.135. The Morgan fingerprint density at radius 1 is 1.10 bits per heavy atom. The van der Waals surface area contributed by atoms with Crippen LogP contribution in [0.2, 0.25) is 0 Å². The van der Waals surface area contributed by atoms with Gasteiger partial charge >= 0.3 is 5.97 Å². The Morgan fingerprint density at radius 3 is 2.68 bits per heavy atom. The number of benzene rings is 1. The molecule has 8 nitrogen and oxygen atoms in total. The van der Waals surface area contributed by atoms with Crippen LogP contribution < -0.4 is 15.8 Å². The molecule has 2 aromatic rings. The van der Waals surface area contributed by atoms with Crippen LogP contribution in [0.15, 0.2) is 48.7 Å². The van der Waals surface area contributed by atoms with Crippen LogP contribution in [-0.2, 0) is 9.53 Å². The zero-order valence-corrected chi connectivity index (χ0v) is 17.8. The van der Waals surface area contributed by atoms with Gasteiger partial charge in [-0.25, -0.2) is 15.2 Å². The first-order valence-corrected chi connectivity index (χ1v) is 10.9. The number of hydrogen-bond acceptors (Lipinski definition) is 7. The molecule has 2 N–H and O–H groups in total. The first kappa shape index (κ1) is 21.3. The molecule has 1 aromatic heterocycles. The number of hydrogen-bond donors (Lipinski definition) is 2. The molecule has 0 radical (unpaired) electrons. The summed E-state index contributed by atoms with van der Waals surface area (Å²) in [5.74, 6) is 0.504. The van der Waals surface area contributed by atoms with Crippen LogP contribution in [-0.4, -0.2) is 61.1 Å². The molecule has 2 aliphatic heterocycles. The number of nitrogens with one attached hydrogen (secondary N) is 2. The Kier molecular flexibility index (Phi) is 6.79. The molecule has 8 heteroatoms. The van der Waals surface area contributed by atoms with Gasteiger partial charge in [-0.05, 0) is 31.0 Å². The molecule has 31 heavy (non-hydrogen) atoms. The molecule has 1 aromatic carbocycles. The van der Waals surface area contributed by atoms with Gasteiger partial charge in [0.2, 0.25) is 5.91 Å². The molecule has 4 rings (SSSR count). The van der Waals surface area contributed by atoms with Crippen molar-refractivity contribution in [2.24, 2.45) is 5.92 Å². The first-order valence-electron chi connectivity index (χ1n) is 10.9. The van der Waals surface area contributed by atoms with Gasteiger partial charge in [-0.15, -0.1) is 0 Å². The molecule has 0 bridgehead atoms. The van der Waals surface area contributed by atoms with Gasteiger partial charge in [0.15, 0.2) is 0 Å². The summed E-state index contributed by atoms with van der Waals surface area (Å²) in [5.41, 5.74) is 7.99. The van der Waals surface area contributed by atoms with Gasteiger partial charge in [-0.3, -0.25) is 10.2 Å². The summed E-state index contributed by atoms with van der Waals surface area (Å²) >= 11 is 0. The van der Waals surface area contributed by atoms with E-state index in [0.717, 1.165) is 30.9 Å². The highest BCUT2D eigenvalue weighted by Gasteiger charge is 2.36. The first-order chi connectivity index (χ1) is 15.2. The summed E-state index contributed by atoms with van der Waals surface area (Å²) in [5, 5.41) is 0. The van der Waals surface area contributed by atoms with Gasteiger partial charge in [-0.2, -0.15) is 0 Å². The van der Waals surface area contributed by atoms with Gasteiger partial charge < -0.3 is 14.5 Å². The van der Waals surface area contributed by atoms with Crippen LogP contribution in [0.25, 0.3) is 0 Å². The predicted octanol–water partition coefficient (Wildman–Crippen LogP) is 1.76. The van der Waals surface area contributed by atoms with E-state index >= 15 is 0 Å². The van der Waals surface area contributed by atoms with Crippen LogP contribution >= 0.6 is 0 Å². The number of rotatable bonds is 5. The van der Waals surface area contributed by atoms with Gasteiger partial charge in [-0.1, -0.05) is 30.3 Å². The van der Waals surface area contributed by atoms with E-state index < -0.39 is 0 Å². The van der Waals surface area contributed by atoms with Gasteiger partial charge in [0.1, 0.15) is 5.82 Å². The molecule has 2 atom stereocenters. The van der Waals surface area contributed by atoms with Crippen LogP contribution in [0.1, 0.15) is 35.3 Å². The smallest absolute Gasteiger partial charge is 0.339 e. The zero-order chi connectivity index (χ0) is 21.6. The standard InChI is InChI=1S/C23H29N5O3/c1-2-31-23(30)18-9-10-20(24-15-18)27-11-6-12-28(14-13-27)22(29)19-16-25-26-21(19)17-7-4-3-5-8-17/h3-5,7-10,15,19,21,25-26H,2,6,11-14,16H2,1H3. The van der Waals surface area contributed by atoms with Crippen molar-refractivity contribution in [3.63, 3.8) is 0 Å². The fourth-order valence-corrected chi connectivity index (χ4v) is 4.21. The number of pyridine rings is 1. The fourth-order valence-electron chi connectivity index (χ4n) is 4.21. The monoisotopic (exact) mass is 423 g/mol. The SMILES string of the molecule is CCOC(=O)c1ccc(N2CCCN(C(=O)C3CNNC3c3ccccc3)CC2)nc1. The minimum atomic E-state index is -0.360. The molecular formula is C23H29N5O3. The fraction of sp³-hybridized carbons (Fsp3) is 0.435. The highest BCUT2D eigenvalue weighted by atomic mass is 16.5. The molecule has 2 aliphatic rings. The summed E-state index contributed by atoms with van der Waals surface area (Å²) < 4.78 is 5.02. The summed E-state index contributed by atoms with van der Waals surface area (Å²) in [6, 6.07) is 13.7. The highest BCUT2D eigenvalue weighted by molar-refractivity contribution is 5.89. The van der Waals surface area contributed by atoms with Crippen molar-refractivity contribution >= 4 is 17.7 Å². The van der Waals surface area contributed by atoms with Crippen molar-refractivity contribution in [3.8, 4) is 0 Å². The normalized spacial score (nSPS) is 21.6. The average Bonchev–Trinajstić information content (AvgIpc) is 3.17. The number of anilines is 1. The molecule has 3 heterocycles. The number of amides is 1. The van der Waals surface area contributed by atoms with Crippen molar-refractivity contribution in [1.82, 2.24) is 20.7 Å². The number of aromatic nitrogens is 1. The Labute approximate surface area is 182 Å². The van der Waals surface area contributed by atoms with E-state index in [2.05, 4.69) is 32.9 Å². The number of carbonyl (C=O) groups excluding carboxylic acids is 2. The summed E-state index contributed by atoms with van der Waals surface area (Å²) in [4.78, 5) is 33.7. The lowest BCUT2D eigenvalue weighted by atomic mass is 9.93. The second-order valence-electron chi connectivity index (χ2n) is 7.81. The molecule has 2 fully saturated rings. The van der Waals surface area contributed by atoms with E-state index in [4.69, 9.17) is 4.74 Å². The number of esters is 1. The van der Waals surface area contributed by atoms with Gasteiger partial charge in [0, 0.05) is 38.9 Å². The lowest BCUT2D eigenvalue weighted by Crippen LogP contribution is -2.41. The van der Waals surface area contributed by atoms with E-state index in [1.54, 1.807) is 19.2 Å². The Hall–Kier alpha value is -2.97. The summed E-state index contributed by atoms with van der Waals surface area (Å²) in [6.45, 7) is 5.65. The van der Waals surface area contributed by atoms with Crippen molar-refractivity contribution in [2.75, 3.05) is 44.2 Å². The molecular weight excluding hydrogens is 394 g/mol. The highest BCUT2D eigenvalue weighted by Crippen LogP contribution is 2.27. The maximum absolute atomic E-state index is 13.3. The molecule has 0 spiro atoms. The molecule has 1 amide bonds. The van der Waals surface area contributed by atoms with Crippen LogP contribution in [0.5, 0.6) is 0 Å². The van der Waals surface area contributed by atoms with E-state index in [1.807, 2.05) is 29.2 Å². The molecule has 2 saturated heterocycles. The van der Waals surface area contributed by atoms with Crippen molar-refractivity contribution in [2.45, 2.75) is 19.4 Å². The Morgan fingerprint density at radius 2 is 1.94 bits per heavy atom. The molecule has 0 aliphatic carbocycles. The average molecular weight is 424 g/mol. The van der Waals surface area contributed by atoms with E-state index in [1.165, 1.54) is 0 Å². The third-order valence-electron chi connectivity index (χ3n) is 5.85. The van der Waals surface area contributed by atoms with Gasteiger partial charge in [0.05, 0.1) is 24.1 Å². The predicted molar refractivity (Wildman–Crippen MR) is 117 cm³/mol. The number of carbonyl (C=O) groups is 2. The van der Waals surface area contributed by atoms with Crippen LogP contribution in [0.4, 0.5) is 5.82 Å². The Balaban J connectivity index is 1.38. The summed E-state index contributed by atoms with van der Waals surface area (Å²) in [6.07, 6.45) is 2.43. The second-order valence-corrected chi connectivity index (χ2v) is 7.81. The minimum Gasteiger partial charge on any atom is -0.462 e. The van der Waals surface area contributed by atoms with Crippen LogP contribution in [0, 0.1) is 5.92 Å². The van der Waals surface area contributed by atoms with E-state index in [0.29, 0.717) is 31.8 Å². The third kappa shape index (κ3) is 4.86. The quantitative estimate of drug-likeness (QED) is 0.709. The summed E-state index contributed by atoms with van der Waals surface area (Å²) in [7, 11) is 0. The Bertz CT molecular complexity index is 890. The van der Waals surface area contributed by atoms with Gasteiger partial charge in [0.25, 0.3) is 0 Å². The third-order valence-corrected chi connectivity index (χ3v) is 5.85. The largest absolute Gasteiger partial charge is 0.462 e. The molecule has 164 valence electrons. The zero-order valence-electron chi connectivity index (χ0n) is 17.8. The lowest BCUT2D eigenvalue weighted by Gasteiger charge is -2.27. The minimum absolute atomic E-state index is 0.0230. The van der Waals surface area contributed by atoms with E-state index in [-0.39, 0.29) is 23.8 Å². The maximum Gasteiger partial charge on any atom is 0.339 e.